The van der Waals surface area contributed by atoms with Crippen LogP contribution in [0.1, 0.15) is 11.1 Å². The molecule has 174 valence electrons. The number of halogens is 1. The van der Waals surface area contributed by atoms with Gasteiger partial charge in [-0.15, -0.1) is 0 Å². The van der Waals surface area contributed by atoms with Gasteiger partial charge in [0, 0.05) is 42.0 Å². The van der Waals surface area contributed by atoms with Gasteiger partial charge in [0.05, 0.1) is 6.54 Å². The first kappa shape index (κ1) is 23.3. The van der Waals surface area contributed by atoms with Crippen LogP contribution in [0.5, 0.6) is 0 Å². The largest absolute Gasteiger partial charge is 0.358 e. The van der Waals surface area contributed by atoms with Crippen molar-refractivity contribution in [2.24, 2.45) is 4.99 Å². The molecule has 1 heterocycles. The van der Waals surface area contributed by atoms with Gasteiger partial charge in [-0.05, 0) is 54.1 Å². The zero-order valence-corrected chi connectivity index (χ0v) is 19.5. The Balaban J connectivity index is 1.44. The topological polar surface area (TPSA) is 85.8 Å². The van der Waals surface area contributed by atoms with Gasteiger partial charge in [-0.2, -0.15) is 0 Å². The minimum absolute atomic E-state index is 0.307. The molecule has 1 atom stereocenters. The predicted molar refractivity (Wildman–Crippen MR) is 137 cm³/mol. The van der Waals surface area contributed by atoms with E-state index < -0.39 is 12.1 Å². The minimum Gasteiger partial charge on any atom is -0.358 e. The minimum atomic E-state index is -0.778. The molecule has 1 aliphatic rings. The maximum Gasteiger partial charge on any atom is 0.319 e. The number of aliphatic imine (C=N–C) groups is 1. The number of hydrogen-bond donors (Lipinski definition) is 3. The van der Waals surface area contributed by atoms with E-state index in [0.717, 1.165) is 30.1 Å². The van der Waals surface area contributed by atoms with E-state index in [9.17, 15) is 9.59 Å². The number of hydrogen-bond acceptors (Lipinski definition) is 4. The van der Waals surface area contributed by atoms with Crippen LogP contribution >= 0.6 is 11.6 Å². The number of anilines is 2. The molecule has 3 aromatic carbocycles. The van der Waals surface area contributed by atoms with Crippen molar-refractivity contribution in [1.82, 2.24) is 10.2 Å². The molecule has 34 heavy (non-hydrogen) atoms. The van der Waals surface area contributed by atoms with Crippen LogP contribution in [-0.4, -0.2) is 48.9 Å². The smallest absolute Gasteiger partial charge is 0.319 e. The summed E-state index contributed by atoms with van der Waals surface area (Å²) in [6, 6.07) is 22.6. The predicted octanol–water partition coefficient (Wildman–Crippen LogP) is 4.40. The summed E-state index contributed by atoms with van der Waals surface area (Å²) < 4.78 is 0. The van der Waals surface area contributed by atoms with Crippen LogP contribution in [-0.2, 0) is 11.2 Å². The van der Waals surface area contributed by atoms with Crippen molar-refractivity contribution in [3.05, 3.63) is 95.0 Å². The van der Waals surface area contributed by atoms with E-state index in [4.69, 9.17) is 11.6 Å². The van der Waals surface area contributed by atoms with Gasteiger partial charge in [-0.1, -0.05) is 41.9 Å². The first-order valence-electron chi connectivity index (χ1n) is 11.0. The average Bonchev–Trinajstić information content (AvgIpc) is 3.27. The normalized spacial score (nSPS) is 13.7. The van der Waals surface area contributed by atoms with Crippen molar-refractivity contribution in [2.45, 2.75) is 12.5 Å². The zero-order chi connectivity index (χ0) is 23.9. The van der Waals surface area contributed by atoms with Gasteiger partial charge in [-0.25, -0.2) is 4.79 Å². The lowest BCUT2D eigenvalue weighted by Gasteiger charge is -2.19. The number of amidine groups is 1. The summed E-state index contributed by atoms with van der Waals surface area (Å²) in [5, 5.41) is 9.02. The molecule has 7 nitrogen and oxygen atoms in total. The summed E-state index contributed by atoms with van der Waals surface area (Å²) in [5.41, 5.74) is 3.16. The Kier molecular flexibility index (Phi) is 7.44. The fourth-order valence-electron chi connectivity index (χ4n) is 3.69. The average molecular weight is 476 g/mol. The van der Waals surface area contributed by atoms with Gasteiger partial charge in [0.15, 0.2) is 0 Å². The molecule has 0 bridgehead atoms. The van der Waals surface area contributed by atoms with Gasteiger partial charge < -0.3 is 20.9 Å². The van der Waals surface area contributed by atoms with Crippen LogP contribution in [0.4, 0.5) is 16.2 Å². The summed E-state index contributed by atoms with van der Waals surface area (Å²) in [6.07, 6.45) is 0.348. The molecule has 3 amide bonds. The molecule has 0 fully saturated rings. The van der Waals surface area contributed by atoms with Crippen molar-refractivity contribution in [1.29, 1.82) is 0 Å². The van der Waals surface area contributed by atoms with E-state index in [2.05, 4.69) is 25.8 Å². The summed E-state index contributed by atoms with van der Waals surface area (Å²) in [7, 11) is 2.01. The Morgan fingerprint density at radius 1 is 0.941 bits per heavy atom. The lowest BCUT2D eigenvalue weighted by molar-refractivity contribution is -0.117. The van der Waals surface area contributed by atoms with Crippen LogP contribution in [0.15, 0.2) is 83.9 Å². The molecule has 0 radical (unpaired) electrons. The third kappa shape index (κ3) is 6.14. The zero-order valence-electron chi connectivity index (χ0n) is 18.8. The number of amides is 3. The second-order valence-corrected chi connectivity index (χ2v) is 8.48. The number of likely N-dealkylation sites (N-methyl/N-ethyl adjacent to an activating group) is 1. The highest BCUT2D eigenvalue weighted by atomic mass is 35.5. The number of nitrogens with one attached hydrogen (secondary N) is 3. The number of benzene rings is 3. The summed E-state index contributed by atoms with van der Waals surface area (Å²) in [5.74, 6) is 0.638. The molecule has 3 N–H and O–H groups in total. The Morgan fingerprint density at radius 3 is 2.24 bits per heavy atom. The van der Waals surface area contributed by atoms with Crippen LogP contribution in [0.2, 0.25) is 5.02 Å². The Morgan fingerprint density at radius 2 is 1.59 bits per heavy atom. The molecule has 0 aliphatic carbocycles. The van der Waals surface area contributed by atoms with E-state index in [-0.39, 0.29) is 5.91 Å². The molecular formula is C26H26ClN5O2. The molecule has 8 heteroatoms. The van der Waals surface area contributed by atoms with Crippen molar-refractivity contribution in [2.75, 3.05) is 30.8 Å². The van der Waals surface area contributed by atoms with Crippen molar-refractivity contribution in [3.8, 4) is 0 Å². The van der Waals surface area contributed by atoms with Gasteiger partial charge in [0.2, 0.25) is 5.91 Å². The molecular weight excluding hydrogens is 450 g/mol. The highest BCUT2D eigenvalue weighted by Gasteiger charge is 2.22. The molecule has 0 spiro atoms. The lowest BCUT2D eigenvalue weighted by atomic mass is 10.1. The Hall–Kier alpha value is -3.84. The Labute approximate surface area is 203 Å². The van der Waals surface area contributed by atoms with E-state index in [1.165, 1.54) is 0 Å². The highest BCUT2D eigenvalue weighted by Crippen LogP contribution is 2.16. The van der Waals surface area contributed by atoms with E-state index in [1.54, 1.807) is 24.3 Å². The van der Waals surface area contributed by atoms with Crippen LogP contribution in [0, 0.1) is 0 Å². The molecule has 1 aliphatic heterocycles. The van der Waals surface area contributed by atoms with Gasteiger partial charge >= 0.3 is 6.03 Å². The third-order valence-electron chi connectivity index (χ3n) is 5.48. The fourth-order valence-corrected chi connectivity index (χ4v) is 3.82. The second kappa shape index (κ2) is 10.9. The summed E-state index contributed by atoms with van der Waals surface area (Å²) in [6.45, 7) is 1.69. The van der Waals surface area contributed by atoms with Crippen LogP contribution < -0.4 is 16.0 Å². The van der Waals surface area contributed by atoms with E-state index in [0.29, 0.717) is 22.8 Å². The maximum atomic E-state index is 13.1. The maximum absolute atomic E-state index is 13.1. The molecule has 0 saturated heterocycles. The number of carbonyl (C=O) groups excluding carboxylic acids is 2. The third-order valence-corrected chi connectivity index (χ3v) is 5.73. The van der Waals surface area contributed by atoms with E-state index in [1.807, 2.05) is 61.6 Å². The first-order valence-corrected chi connectivity index (χ1v) is 11.4. The molecule has 0 saturated carbocycles. The van der Waals surface area contributed by atoms with Gasteiger partial charge in [0.1, 0.15) is 11.9 Å². The standard InChI is InChI=1S/C26H26ClN5O2/c1-32-16-15-28-24(32)19-7-11-21(12-8-19)29-25(33)23(17-18-5-3-2-4-6-18)31-26(34)30-22-13-9-20(27)10-14-22/h2-14,23H,15-17H2,1H3,(H,29,33)(H2,30,31,34). The number of urea groups is 1. The molecule has 3 aromatic rings. The molecule has 1 unspecified atom stereocenters. The Bertz CT molecular complexity index is 1160. The van der Waals surface area contributed by atoms with Crippen LogP contribution in [0.25, 0.3) is 0 Å². The van der Waals surface area contributed by atoms with Gasteiger partial charge in [0.25, 0.3) is 0 Å². The van der Waals surface area contributed by atoms with E-state index >= 15 is 0 Å². The van der Waals surface area contributed by atoms with Crippen molar-refractivity contribution in [3.63, 3.8) is 0 Å². The van der Waals surface area contributed by atoms with Gasteiger partial charge in [-0.3, -0.25) is 9.79 Å². The number of rotatable bonds is 7. The number of nitrogens with zero attached hydrogens (tertiary/aromatic N) is 2. The summed E-state index contributed by atoms with van der Waals surface area (Å²) >= 11 is 5.90. The molecule has 0 aromatic heterocycles. The number of carbonyl (C=O) groups is 2. The van der Waals surface area contributed by atoms with Crippen LogP contribution in [0.3, 0.4) is 0 Å². The van der Waals surface area contributed by atoms with Crippen molar-refractivity contribution >= 4 is 40.7 Å². The highest BCUT2D eigenvalue weighted by molar-refractivity contribution is 6.30. The first-order chi connectivity index (χ1) is 16.5. The van der Waals surface area contributed by atoms with Crippen molar-refractivity contribution < 1.29 is 9.59 Å². The lowest BCUT2D eigenvalue weighted by Crippen LogP contribution is -2.46. The quantitative estimate of drug-likeness (QED) is 0.473. The monoisotopic (exact) mass is 475 g/mol. The summed E-state index contributed by atoms with van der Waals surface area (Å²) in [4.78, 5) is 32.4. The SMILES string of the molecule is CN1CCN=C1c1ccc(NC(=O)C(Cc2ccccc2)NC(=O)Nc2ccc(Cl)cc2)cc1. The fraction of sp³-hybridized carbons (Fsp3) is 0.192. The second-order valence-electron chi connectivity index (χ2n) is 8.04. The molecule has 4 rings (SSSR count).